The van der Waals surface area contributed by atoms with Gasteiger partial charge in [0, 0.05) is 6.07 Å². The lowest BCUT2D eigenvalue weighted by atomic mass is 10.2. The highest BCUT2D eigenvalue weighted by Gasteiger charge is 2.15. The fourth-order valence-electron chi connectivity index (χ4n) is 1.16. The number of nitrogens with two attached hydrogens (primary N) is 1. The summed E-state index contributed by atoms with van der Waals surface area (Å²) in [6.45, 7) is 0.0157. The monoisotopic (exact) mass is 227 g/mol. The van der Waals surface area contributed by atoms with Gasteiger partial charge < -0.3 is 15.4 Å². The van der Waals surface area contributed by atoms with Crippen LogP contribution in [0.3, 0.4) is 0 Å². The van der Waals surface area contributed by atoms with Crippen molar-refractivity contribution in [2.24, 2.45) is 5.73 Å². The molecule has 2 rings (SSSR count). The molecule has 0 spiro atoms. The zero-order valence-corrected chi connectivity index (χ0v) is 7.94. The van der Waals surface area contributed by atoms with E-state index in [1.165, 1.54) is 0 Å². The molecule has 0 aliphatic rings. The maximum absolute atomic E-state index is 13.3. The summed E-state index contributed by atoms with van der Waals surface area (Å²) in [5, 5.41) is 12.5. The van der Waals surface area contributed by atoms with Crippen molar-refractivity contribution in [3.8, 4) is 17.1 Å². The highest BCUT2D eigenvalue weighted by atomic mass is 19.1. The van der Waals surface area contributed by atoms with Gasteiger partial charge in [-0.15, -0.1) is 0 Å². The van der Waals surface area contributed by atoms with Gasteiger partial charge in [0.2, 0.25) is 11.7 Å². The number of aromatic nitrogens is 2. The summed E-state index contributed by atoms with van der Waals surface area (Å²) in [6.07, 6.45) is 0. The van der Waals surface area contributed by atoms with E-state index in [-0.39, 0.29) is 23.8 Å². The van der Waals surface area contributed by atoms with Crippen LogP contribution >= 0.6 is 0 Å². The van der Waals surface area contributed by atoms with Gasteiger partial charge in [0.25, 0.3) is 0 Å². The molecule has 1 aromatic heterocycles. The van der Waals surface area contributed by atoms with Crippen LogP contribution in [0.15, 0.2) is 16.7 Å². The van der Waals surface area contributed by atoms with Crippen LogP contribution in [0.2, 0.25) is 0 Å². The maximum Gasteiger partial charge on any atom is 0.240 e. The first-order valence-electron chi connectivity index (χ1n) is 4.33. The van der Waals surface area contributed by atoms with Crippen molar-refractivity contribution >= 4 is 0 Å². The van der Waals surface area contributed by atoms with E-state index in [1.807, 2.05) is 0 Å². The lowest BCUT2D eigenvalue weighted by Crippen LogP contribution is -1.96. The molecular weight excluding hydrogens is 220 g/mol. The average Bonchev–Trinajstić information content (AvgIpc) is 2.71. The fraction of sp³-hybridized carbons (Fsp3) is 0.111. The van der Waals surface area contributed by atoms with Crippen LogP contribution < -0.4 is 5.73 Å². The van der Waals surface area contributed by atoms with Crippen molar-refractivity contribution in [1.29, 1.82) is 0 Å². The molecule has 0 aliphatic carbocycles. The van der Waals surface area contributed by atoms with Gasteiger partial charge >= 0.3 is 0 Å². The molecule has 0 atom stereocenters. The minimum atomic E-state index is -1.05. The van der Waals surface area contributed by atoms with E-state index in [0.29, 0.717) is 6.07 Å². The van der Waals surface area contributed by atoms with Crippen molar-refractivity contribution in [3.63, 3.8) is 0 Å². The summed E-state index contributed by atoms with van der Waals surface area (Å²) in [6, 6.07) is 1.43. The molecule has 84 valence electrons. The second-order valence-corrected chi connectivity index (χ2v) is 3.00. The molecule has 16 heavy (non-hydrogen) atoms. The zero-order chi connectivity index (χ0) is 11.7. The lowest BCUT2D eigenvalue weighted by molar-refractivity contribution is 0.380. The Kier molecular flexibility index (Phi) is 2.53. The van der Waals surface area contributed by atoms with Crippen molar-refractivity contribution < 1.29 is 18.4 Å². The molecule has 1 aromatic carbocycles. The molecule has 0 saturated heterocycles. The number of hydrogen-bond donors (Lipinski definition) is 2. The number of benzene rings is 1. The van der Waals surface area contributed by atoms with Crippen molar-refractivity contribution in [2.75, 3.05) is 0 Å². The van der Waals surface area contributed by atoms with Gasteiger partial charge in [0.15, 0.2) is 11.6 Å². The molecule has 0 saturated carbocycles. The van der Waals surface area contributed by atoms with Crippen molar-refractivity contribution in [2.45, 2.75) is 6.54 Å². The predicted octanol–water partition coefficient (Wildman–Crippen LogP) is 1.18. The largest absolute Gasteiger partial charge is 0.505 e. The summed E-state index contributed by atoms with van der Waals surface area (Å²) < 4.78 is 30.8. The van der Waals surface area contributed by atoms with Gasteiger partial charge in [-0.2, -0.15) is 4.98 Å². The highest BCUT2D eigenvalue weighted by molar-refractivity contribution is 5.58. The number of rotatable bonds is 2. The molecule has 0 radical (unpaired) electrons. The van der Waals surface area contributed by atoms with E-state index in [9.17, 15) is 8.78 Å². The molecule has 5 nitrogen and oxygen atoms in total. The van der Waals surface area contributed by atoms with Gasteiger partial charge in [0.05, 0.1) is 12.1 Å². The second-order valence-electron chi connectivity index (χ2n) is 3.00. The second kappa shape index (κ2) is 3.86. The van der Waals surface area contributed by atoms with Crippen LogP contribution in [0.4, 0.5) is 8.78 Å². The summed E-state index contributed by atoms with van der Waals surface area (Å²) in [7, 11) is 0. The van der Waals surface area contributed by atoms with Crippen LogP contribution in [-0.4, -0.2) is 15.2 Å². The lowest BCUT2D eigenvalue weighted by Gasteiger charge is -1.99. The fourth-order valence-corrected chi connectivity index (χ4v) is 1.16. The number of nitrogens with zero attached hydrogens (tertiary/aromatic N) is 2. The van der Waals surface area contributed by atoms with Gasteiger partial charge in [-0.05, 0) is 6.07 Å². The first kappa shape index (κ1) is 10.5. The Balaban J connectivity index is 2.51. The Labute approximate surface area is 88.5 Å². The molecule has 0 aliphatic heterocycles. The molecular formula is C9H7F2N3O2. The van der Waals surface area contributed by atoms with E-state index in [2.05, 4.69) is 14.7 Å². The van der Waals surface area contributed by atoms with Gasteiger partial charge in [-0.1, -0.05) is 5.16 Å². The third kappa shape index (κ3) is 1.72. The van der Waals surface area contributed by atoms with E-state index >= 15 is 0 Å². The Morgan fingerprint density at radius 1 is 1.31 bits per heavy atom. The molecule has 2 aromatic rings. The Bertz CT molecular complexity index is 527. The standard InChI is InChI=1S/C9H7F2N3O2/c10-5-2-6(11)7(15)1-4(5)9-13-8(3-12)16-14-9/h1-2,15H,3,12H2. The zero-order valence-electron chi connectivity index (χ0n) is 7.94. The number of aromatic hydroxyl groups is 1. The molecule has 1 heterocycles. The molecule has 0 unspecified atom stereocenters. The summed E-state index contributed by atoms with van der Waals surface area (Å²) in [4.78, 5) is 3.75. The normalized spacial score (nSPS) is 10.7. The van der Waals surface area contributed by atoms with E-state index in [0.717, 1.165) is 6.07 Å². The van der Waals surface area contributed by atoms with E-state index in [1.54, 1.807) is 0 Å². The SMILES string of the molecule is NCc1nc(-c2cc(O)c(F)cc2F)no1. The highest BCUT2D eigenvalue weighted by Crippen LogP contribution is 2.26. The molecule has 7 heteroatoms. The average molecular weight is 227 g/mol. The third-order valence-electron chi connectivity index (χ3n) is 1.92. The molecule has 0 bridgehead atoms. The first-order chi connectivity index (χ1) is 7.61. The van der Waals surface area contributed by atoms with Crippen molar-refractivity contribution in [3.05, 3.63) is 29.7 Å². The van der Waals surface area contributed by atoms with Crippen LogP contribution in [0.1, 0.15) is 5.89 Å². The number of halogens is 2. The van der Waals surface area contributed by atoms with Crippen LogP contribution in [0, 0.1) is 11.6 Å². The smallest absolute Gasteiger partial charge is 0.240 e. The minimum Gasteiger partial charge on any atom is -0.505 e. The molecule has 3 N–H and O–H groups in total. The number of phenolic OH excluding ortho intramolecular Hbond substituents is 1. The summed E-state index contributed by atoms with van der Waals surface area (Å²) in [5.74, 6) is -2.59. The summed E-state index contributed by atoms with van der Waals surface area (Å²) >= 11 is 0. The van der Waals surface area contributed by atoms with E-state index in [4.69, 9.17) is 10.8 Å². The van der Waals surface area contributed by atoms with Crippen LogP contribution in [0.25, 0.3) is 11.4 Å². The summed E-state index contributed by atoms with van der Waals surface area (Å²) in [5.41, 5.74) is 5.08. The van der Waals surface area contributed by atoms with Crippen molar-refractivity contribution in [1.82, 2.24) is 10.1 Å². The van der Waals surface area contributed by atoms with E-state index < -0.39 is 17.4 Å². The van der Waals surface area contributed by atoms with Gasteiger partial charge in [-0.25, -0.2) is 8.78 Å². The Morgan fingerprint density at radius 2 is 2.06 bits per heavy atom. The third-order valence-corrected chi connectivity index (χ3v) is 1.92. The molecule has 0 amide bonds. The van der Waals surface area contributed by atoms with Gasteiger partial charge in [-0.3, -0.25) is 0 Å². The molecule has 0 fully saturated rings. The first-order valence-corrected chi connectivity index (χ1v) is 4.33. The Hall–Kier alpha value is -2.02. The number of phenols is 1. The quantitative estimate of drug-likeness (QED) is 0.804. The van der Waals surface area contributed by atoms with Crippen LogP contribution in [0.5, 0.6) is 5.75 Å². The predicted molar refractivity (Wildman–Crippen MR) is 49.2 cm³/mol. The number of hydrogen-bond acceptors (Lipinski definition) is 5. The van der Waals surface area contributed by atoms with Gasteiger partial charge in [0.1, 0.15) is 5.82 Å². The Morgan fingerprint density at radius 3 is 2.69 bits per heavy atom. The maximum atomic E-state index is 13.3. The minimum absolute atomic E-state index is 0.0157. The topological polar surface area (TPSA) is 85.2 Å². The van der Waals surface area contributed by atoms with Crippen LogP contribution in [-0.2, 0) is 6.54 Å².